The van der Waals surface area contributed by atoms with E-state index in [1.54, 1.807) is 0 Å². The molecule has 60 valence electrons. The lowest BCUT2D eigenvalue weighted by Gasteiger charge is -2.12. The SMILES string of the molecule is OCC1CCN(CCBr)C1. The molecule has 1 aliphatic rings. The summed E-state index contributed by atoms with van der Waals surface area (Å²) in [6.07, 6.45) is 1.17. The van der Waals surface area contributed by atoms with Gasteiger partial charge in [-0.25, -0.2) is 0 Å². The second-order valence-electron chi connectivity index (χ2n) is 2.83. The van der Waals surface area contributed by atoms with Crippen LogP contribution < -0.4 is 0 Å². The Balaban J connectivity index is 2.15. The summed E-state index contributed by atoms with van der Waals surface area (Å²) in [5.74, 6) is 0.541. The maximum atomic E-state index is 8.81. The summed E-state index contributed by atoms with van der Waals surface area (Å²) in [5.41, 5.74) is 0. The Morgan fingerprint density at radius 3 is 2.90 bits per heavy atom. The van der Waals surface area contributed by atoms with Crippen LogP contribution in [0, 0.1) is 5.92 Å². The average Bonchev–Trinajstić information content (AvgIpc) is 2.37. The molecule has 0 spiro atoms. The van der Waals surface area contributed by atoms with Crippen molar-refractivity contribution in [1.82, 2.24) is 4.90 Å². The molecule has 10 heavy (non-hydrogen) atoms. The Bertz CT molecular complexity index is 99.6. The molecule has 0 aromatic heterocycles. The van der Waals surface area contributed by atoms with Gasteiger partial charge in [-0.15, -0.1) is 0 Å². The highest BCUT2D eigenvalue weighted by Gasteiger charge is 2.20. The number of hydrogen-bond acceptors (Lipinski definition) is 2. The first-order valence-corrected chi connectivity index (χ1v) is 4.88. The highest BCUT2D eigenvalue weighted by Crippen LogP contribution is 2.14. The number of nitrogens with zero attached hydrogens (tertiary/aromatic N) is 1. The van der Waals surface area contributed by atoms with Gasteiger partial charge in [0.2, 0.25) is 0 Å². The number of likely N-dealkylation sites (tertiary alicyclic amines) is 1. The molecule has 1 atom stereocenters. The summed E-state index contributed by atoms with van der Waals surface area (Å²) in [6, 6.07) is 0. The van der Waals surface area contributed by atoms with Crippen LogP contribution in [0.2, 0.25) is 0 Å². The first-order valence-electron chi connectivity index (χ1n) is 3.76. The van der Waals surface area contributed by atoms with Gasteiger partial charge in [0.25, 0.3) is 0 Å². The third-order valence-corrected chi connectivity index (χ3v) is 2.38. The molecular formula is C7H14BrNO. The van der Waals surface area contributed by atoms with Crippen LogP contribution in [0.5, 0.6) is 0 Å². The van der Waals surface area contributed by atoms with Crippen molar-refractivity contribution in [1.29, 1.82) is 0 Å². The molecule has 0 bridgehead atoms. The van der Waals surface area contributed by atoms with Crippen molar-refractivity contribution >= 4 is 15.9 Å². The summed E-state index contributed by atoms with van der Waals surface area (Å²) in [5, 5.41) is 9.86. The molecular weight excluding hydrogens is 194 g/mol. The molecule has 0 aromatic rings. The second-order valence-corrected chi connectivity index (χ2v) is 3.62. The van der Waals surface area contributed by atoms with Gasteiger partial charge < -0.3 is 10.0 Å². The Kier molecular flexibility index (Phi) is 3.66. The number of aliphatic hydroxyl groups is 1. The highest BCUT2D eigenvalue weighted by molar-refractivity contribution is 9.09. The summed E-state index contributed by atoms with van der Waals surface area (Å²) in [6.45, 7) is 3.73. The van der Waals surface area contributed by atoms with Crippen molar-refractivity contribution in [2.75, 3.05) is 31.6 Å². The molecule has 3 heteroatoms. The van der Waals surface area contributed by atoms with Crippen LogP contribution in [0.25, 0.3) is 0 Å². The molecule has 0 saturated carbocycles. The summed E-state index contributed by atoms with van der Waals surface area (Å²) in [7, 11) is 0. The molecule has 2 nitrogen and oxygen atoms in total. The van der Waals surface area contributed by atoms with Crippen LogP contribution >= 0.6 is 15.9 Å². The molecule has 1 rings (SSSR count). The molecule has 0 amide bonds. The Hall–Kier alpha value is 0.400. The number of aliphatic hydroxyl groups excluding tert-OH is 1. The molecule has 1 aliphatic heterocycles. The fourth-order valence-corrected chi connectivity index (χ4v) is 1.89. The van der Waals surface area contributed by atoms with Crippen molar-refractivity contribution in [3.63, 3.8) is 0 Å². The van der Waals surface area contributed by atoms with Gasteiger partial charge in [-0.1, -0.05) is 15.9 Å². The van der Waals surface area contributed by atoms with Gasteiger partial charge in [0.15, 0.2) is 0 Å². The quantitative estimate of drug-likeness (QED) is 0.690. The Morgan fingerprint density at radius 1 is 1.60 bits per heavy atom. The van der Waals surface area contributed by atoms with Gasteiger partial charge in [-0.05, 0) is 18.9 Å². The lowest BCUT2D eigenvalue weighted by molar-refractivity contribution is 0.224. The minimum atomic E-state index is 0.360. The minimum Gasteiger partial charge on any atom is -0.396 e. The lowest BCUT2D eigenvalue weighted by atomic mass is 10.1. The Morgan fingerprint density at radius 2 is 2.40 bits per heavy atom. The number of rotatable bonds is 3. The molecule has 1 unspecified atom stereocenters. The number of hydrogen-bond donors (Lipinski definition) is 1. The maximum Gasteiger partial charge on any atom is 0.0471 e. The van der Waals surface area contributed by atoms with Crippen molar-refractivity contribution in [3.8, 4) is 0 Å². The average molecular weight is 208 g/mol. The molecule has 0 radical (unpaired) electrons. The minimum absolute atomic E-state index is 0.360. The fourth-order valence-electron chi connectivity index (χ4n) is 1.38. The van der Waals surface area contributed by atoms with Gasteiger partial charge >= 0.3 is 0 Å². The van der Waals surface area contributed by atoms with Crippen molar-refractivity contribution in [2.45, 2.75) is 6.42 Å². The van der Waals surface area contributed by atoms with Crippen molar-refractivity contribution < 1.29 is 5.11 Å². The van der Waals surface area contributed by atoms with Gasteiger partial charge in [-0.3, -0.25) is 0 Å². The van der Waals surface area contributed by atoms with E-state index in [1.165, 1.54) is 6.42 Å². The molecule has 1 fully saturated rings. The first-order chi connectivity index (χ1) is 4.86. The molecule has 0 aliphatic carbocycles. The van der Waals surface area contributed by atoms with Gasteiger partial charge in [0.1, 0.15) is 0 Å². The Labute approximate surface area is 70.3 Å². The number of halogens is 1. The van der Waals surface area contributed by atoms with E-state index in [1.807, 2.05) is 0 Å². The lowest BCUT2D eigenvalue weighted by Crippen LogP contribution is -2.23. The van der Waals surface area contributed by atoms with E-state index in [9.17, 15) is 0 Å². The van der Waals surface area contributed by atoms with Gasteiger partial charge in [0, 0.05) is 25.0 Å². The zero-order valence-corrected chi connectivity index (χ0v) is 7.68. The summed E-state index contributed by atoms with van der Waals surface area (Å²) >= 11 is 3.40. The second kappa shape index (κ2) is 4.31. The third-order valence-electron chi connectivity index (χ3n) is 2.03. The van der Waals surface area contributed by atoms with E-state index < -0.39 is 0 Å². The predicted molar refractivity (Wildman–Crippen MR) is 45.4 cm³/mol. The zero-order chi connectivity index (χ0) is 7.40. The predicted octanol–water partition coefficient (Wildman–Crippen LogP) is 0.696. The largest absolute Gasteiger partial charge is 0.396 e. The van der Waals surface area contributed by atoms with E-state index in [-0.39, 0.29) is 0 Å². The van der Waals surface area contributed by atoms with Gasteiger partial charge in [0.05, 0.1) is 0 Å². The van der Waals surface area contributed by atoms with Crippen molar-refractivity contribution in [2.24, 2.45) is 5.92 Å². The van der Waals surface area contributed by atoms with E-state index in [4.69, 9.17) is 5.11 Å². The fraction of sp³-hybridized carbons (Fsp3) is 1.00. The molecule has 1 saturated heterocycles. The van der Waals surface area contributed by atoms with E-state index in [2.05, 4.69) is 20.8 Å². The monoisotopic (exact) mass is 207 g/mol. The van der Waals surface area contributed by atoms with Crippen LogP contribution in [0.15, 0.2) is 0 Å². The van der Waals surface area contributed by atoms with Crippen LogP contribution in [0.3, 0.4) is 0 Å². The van der Waals surface area contributed by atoms with E-state index >= 15 is 0 Å². The smallest absolute Gasteiger partial charge is 0.0471 e. The maximum absolute atomic E-state index is 8.81. The van der Waals surface area contributed by atoms with Crippen LogP contribution in [0.4, 0.5) is 0 Å². The number of alkyl halides is 1. The molecule has 1 heterocycles. The normalized spacial score (nSPS) is 27.6. The highest BCUT2D eigenvalue weighted by atomic mass is 79.9. The molecule has 0 aromatic carbocycles. The van der Waals surface area contributed by atoms with Gasteiger partial charge in [-0.2, -0.15) is 0 Å². The third kappa shape index (κ3) is 2.22. The first kappa shape index (κ1) is 8.50. The zero-order valence-electron chi connectivity index (χ0n) is 6.09. The topological polar surface area (TPSA) is 23.5 Å². The van der Waals surface area contributed by atoms with E-state index in [0.717, 1.165) is 25.0 Å². The van der Waals surface area contributed by atoms with Crippen molar-refractivity contribution in [3.05, 3.63) is 0 Å². The van der Waals surface area contributed by atoms with Crippen LogP contribution in [-0.2, 0) is 0 Å². The summed E-state index contributed by atoms with van der Waals surface area (Å²) in [4.78, 5) is 2.38. The standard InChI is InChI=1S/C7H14BrNO/c8-2-4-9-3-1-7(5-9)6-10/h7,10H,1-6H2. The van der Waals surface area contributed by atoms with Crippen LogP contribution in [-0.4, -0.2) is 41.6 Å². The van der Waals surface area contributed by atoms with Crippen LogP contribution in [0.1, 0.15) is 6.42 Å². The summed E-state index contributed by atoms with van der Waals surface area (Å²) < 4.78 is 0. The van der Waals surface area contributed by atoms with E-state index in [0.29, 0.717) is 12.5 Å². The molecule has 1 N–H and O–H groups in total.